The summed E-state index contributed by atoms with van der Waals surface area (Å²) in [5, 5.41) is 0. The number of benzene rings is 1. The molecule has 148 valence electrons. The standard InChI is InChI=1S/C20H28N2O4S/c1-4-15-5-7-16(8-6-15)20(24)22-10-9-21(19(23)11-14(2)3)17-12-27(25,26)13-18(17)22/h5-8,14,17-18H,4,9-13H2,1-3H3/t17-,18+/m1/s1. The lowest BCUT2D eigenvalue weighted by Crippen LogP contribution is -2.62. The number of sulfone groups is 1. The predicted octanol–water partition coefficient (Wildman–Crippen LogP) is 1.75. The van der Waals surface area contributed by atoms with Gasteiger partial charge >= 0.3 is 0 Å². The fourth-order valence-corrected chi connectivity index (χ4v) is 6.01. The highest BCUT2D eigenvalue weighted by molar-refractivity contribution is 7.91. The number of rotatable bonds is 4. The summed E-state index contributed by atoms with van der Waals surface area (Å²) in [4.78, 5) is 29.0. The van der Waals surface area contributed by atoms with Crippen LogP contribution in [0.3, 0.4) is 0 Å². The molecule has 7 heteroatoms. The summed E-state index contributed by atoms with van der Waals surface area (Å²) in [6.07, 6.45) is 1.30. The van der Waals surface area contributed by atoms with E-state index < -0.39 is 21.9 Å². The Kier molecular flexibility index (Phi) is 5.60. The number of piperazine rings is 1. The van der Waals surface area contributed by atoms with Crippen molar-refractivity contribution in [2.45, 2.75) is 45.7 Å². The number of nitrogens with zero attached hydrogens (tertiary/aromatic N) is 2. The van der Waals surface area contributed by atoms with Gasteiger partial charge < -0.3 is 9.80 Å². The topological polar surface area (TPSA) is 74.8 Å². The van der Waals surface area contributed by atoms with Crippen molar-refractivity contribution in [1.82, 2.24) is 9.80 Å². The van der Waals surface area contributed by atoms with Gasteiger partial charge in [0.2, 0.25) is 5.91 Å². The Morgan fingerprint density at radius 1 is 1.04 bits per heavy atom. The first kappa shape index (κ1) is 19.9. The molecule has 0 saturated carbocycles. The van der Waals surface area contributed by atoms with Crippen LogP contribution < -0.4 is 0 Å². The minimum atomic E-state index is -3.27. The van der Waals surface area contributed by atoms with Crippen molar-refractivity contribution < 1.29 is 18.0 Å². The molecule has 2 atom stereocenters. The van der Waals surface area contributed by atoms with Crippen LogP contribution in [-0.4, -0.2) is 66.7 Å². The summed E-state index contributed by atoms with van der Waals surface area (Å²) in [6.45, 7) is 6.76. The quantitative estimate of drug-likeness (QED) is 0.782. The SMILES string of the molecule is CCc1ccc(C(=O)N2CCN(C(=O)CC(C)C)[C@@H]3CS(=O)(=O)C[C@@H]32)cc1. The van der Waals surface area contributed by atoms with E-state index in [4.69, 9.17) is 0 Å². The number of fused-ring (bicyclic) bond motifs is 1. The Hall–Kier alpha value is -1.89. The zero-order valence-corrected chi connectivity index (χ0v) is 17.0. The molecule has 2 saturated heterocycles. The maximum absolute atomic E-state index is 13.0. The van der Waals surface area contributed by atoms with Crippen LogP contribution in [0.25, 0.3) is 0 Å². The number of aryl methyl sites for hydroxylation is 1. The van der Waals surface area contributed by atoms with Crippen molar-refractivity contribution in [2.75, 3.05) is 24.6 Å². The Morgan fingerprint density at radius 2 is 1.59 bits per heavy atom. The van der Waals surface area contributed by atoms with Crippen LogP contribution in [0.5, 0.6) is 0 Å². The first-order valence-electron chi connectivity index (χ1n) is 9.61. The number of amides is 2. The van der Waals surface area contributed by atoms with E-state index in [1.807, 2.05) is 26.0 Å². The molecule has 0 spiro atoms. The molecular formula is C20H28N2O4S. The monoisotopic (exact) mass is 392 g/mol. The highest BCUT2D eigenvalue weighted by atomic mass is 32.2. The zero-order chi connectivity index (χ0) is 19.8. The zero-order valence-electron chi connectivity index (χ0n) is 16.2. The van der Waals surface area contributed by atoms with Crippen molar-refractivity contribution >= 4 is 21.7 Å². The molecule has 1 aromatic carbocycles. The largest absolute Gasteiger partial charge is 0.335 e. The van der Waals surface area contributed by atoms with Gasteiger partial charge in [-0.2, -0.15) is 0 Å². The number of hydrogen-bond acceptors (Lipinski definition) is 4. The van der Waals surface area contributed by atoms with Gasteiger partial charge in [0.15, 0.2) is 9.84 Å². The summed E-state index contributed by atoms with van der Waals surface area (Å²) < 4.78 is 24.6. The highest BCUT2D eigenvalue weighted by Crippen LogP contribution is 2.29. The Labute approximate surface area is 161 Å². The molecule has 1 aromatic rings. The summed E-state index contributed by atoms with van der Waals surface area (Å²) in [5.74, 6) is -0.0787. The van der Waals surface area contributed by atoms with Gasteiger partial charge in [-0.1, -0.05) is 32.9 Å². The third-order valence-corrected chi connectivity index (χ3v) is 7.15. The smallest absolute Gasteiger partial charge is 0.254 e. The molecule has 2 aliphatic heterocycles. The van der Waals surface area contributed by atoms with Gasteiger partial charge in [-0.25, -0.2) is 8.42 Å². The molecule has 0 aromatic heterocycles. The second kappa shape index (κ2) is 7.62. The highest BCUT2D eigenvalue weighted by Gasteiger charge is 2.49. The molecule has 0 radical (unpaired) electrons. The summed E-state index contributed by atoms with van der Waals surface area (Å²) in [6, 6.07) is 6.56. The van der Waals surface area contributed by atoms with E-state index in [1.165, 1.54) is 0 Å². The maximum Gasteiger partial charge on any atom is 0.254 e. The number of carbonyl (C=O) groups is 2. The van der Waals surface area contributed by atoms with Crippen LogP contribution in [0.1, 0.15) is 43.1 Å². The lowest BCUT2D eigenvalue weighted by atomic mass is 10.0. The molecule has 0 bridgehead atoms. The molecule has 3 rings (SSSR count). The molecule has 27 heavy (non-hydrogen) atoms. The van der Waals surface area contributed by atoms with Gasteiger partial charge in [0.05, 0.1) is 23.6 Å². The Balaban J connectivity index is 1.84. The average Bonchev–Trinajstić information content (AvgIpc) is 2.94. The van der Waals surface area contributed by atoms with Crippen molar-refractivity contribution in [1.29, 1.82) is 0 Å². The fraction of sp³-hybridized carbons (Fsp3) is 0.600. The van der Waals surface area contributed by atoms with Crippen molar-refractivity contribution in [3.63, 3.8) is 0 Å². The fourth-order valence-electron chi connectivity index (χ4n) is 4.03. The van der Waals surface area contributed by atoms with Crippen LogP contribution in [-0.2, 0) is 21.1 Å². The first-order chi connectivity index (χ1) is 12.7. The van der Waals surface area contributed by atoms with Gasteiger partial charge in [-0.15, -0.1) is 0 Å². The third-order valence-electron chi connectivity index (χ3n) is 5.45. The molecule has 0 N–H and O–H groups in total. The average molecular weight is 393 g/mol. The number of hydrogen-bond donors (Lipinski definition) is 0. The second-order valence-electron chi connectivity index (χ2n) is 7.95. The van der Waals surface area contributed by atoms with Gasteiger partial charge in [0.1, 0.15) is 0 Å². The molecule has 2 aliphatic rings. The minimum absolute atomic E-state index is 0.0171. The summed E-state index contributed by atoms with van der Waals surface area (Å²) in [5.41, 5.74) is 1.72. The van der Waals surface area contributed by atoms with Gasteiger partial charge in [0, 0.05) is 25.1 Å². The van der Waals surface area contributed by atoms with E-state index in [1.54, 1.807) is 21.9 Å². The van der Waals surface area contributed by atoms with E-state index in [2.05, 4.69) is 6.92 Å². The lowest BCUT2D eigenvalue weighted by Gasteiger charge is -2.44. The first-order valence-corrected chi connectivity index (χ1v) is 11.4. The lowest BCUT2D eigenvalue weighted by molar-refractivity contribution is -0.137. The van der Waals surface area contributed by atoms with Crippen LogP contribution in [0, 0.1) is 5.92 Å². The van der Waals surface area contributed by atoms with Crippen LogP contribution in [0.4, 0.5) is 0 Å². The Bertz CT molecular complexity index is 817. The van der Waals surface area contributed by atoms with Crippen molar-refractivity contribution in [3.05, 3.63) is 35.4 Å². The number of carbonyl (C=O) groups excluding carboxylic acids is 2. The van der Waals surface area contributed by atoms with Crippen LogP contribution in [0.15, 0.2) is 24.3 Å². The van der Waals surface area contributed by atoms with E-state index in [-0.39, 0.29) is 29.2 Å². The Morgan fingerprint density at radius 3 is 2.15 bits per heavy atom. The van der Waals surface area contributed by atoms with Gasteiger partial charge in [0.25, 0.3) is 5.91 Å². The van der Waals surface area contributed by atoms with E-state index in [0.717, 1.165) is 12.0 Å². The molecule has 2 fully saturated rings. The van der Waals surface area contributed by atoms with E-state index in [0.29, 0.717) is 25.1 Å². The molecule has 0 unspecified atom stereocenters. The van der Waals surface area contributed by atoms with Gasteiger partial charge in [-0.05, 0) is 30.0 Å². The van der Waals surface area contributed by atoms with Gasteiger partial charge in [-0.3, -0.25) is 9.59 Å². The predicted molar refractivity (Wildman–Crippen MR) is 104 cm³/mol. The van der Waals surface area contributed by atoms with Crippen molar-refractivity contribution in [3.8, 4) is 0 Å². The maximum atomic E-state index is 13.0. The minimum Gasteiger partial charge on any atom is -0.335 e. The second-order valence-corrected chi connectivity index (χ2v) is 10.1. The van der Waals surface area contributed by atoms with Crippen LogP contribution in [0.2, 0.25) is 0 Å². The van der Waals surface area contributed by atoms with E-state index >= 15 is 0 Å². The van der Waals surface area contributed by atoms with Crippen molar-refractivity contribution in [2.24, 2.45) is 5.92 Å². The molecule has 6 nitrogen and oxygen atoms in total. The normalized spacial score (nSPS) is 24.1. The summed E-state index contributed by atoms with van der Waals surface area (Å²) in [7, 11) is -3.27. The molecule has 2 heterocycles. The molecule has 0 aliphatic carbocycles. The van der Waals surface area contributed by atoms with E-state index in [9.17, 15) is 18.0 Å². The molecular weight excluding hydrogens is 364 g/mol. The third kappa shape index (κ3) is 4.18. The summed E-state index contributed by atoms with van der Waals surface area (Å²) >= 11 is 0. The van der Waals surface area contributed by atoms with Crippen LogP contribution >= 0.6 is 0 Å². The molecule has 2 amide bonds.